The van der Waals surface area contributed by atoms with Crippen molar-refractivity contribution in [1.82, 2.24) is 19.1 Å². The Morgan fingerprint density at radius 1 is 0.656 bits per heavy atom. The van der Waals surface area contributed by atoms with Gasteiger partial charge < -0.3 is 14.2 Å². The number of fused-ring (bicyclic) bond motifs is 2. The summed E-state index contributed by atoms with van der Waals surface area (Å²) in [7, 11) is -3.57. The lowest BCUT2D eigenvalue weighted by Gasteiger charge is -2.21. The highest BCUT2D eigenvalue weighted by Gasteiger charge is 2.26. The molecular weight excluding hydrogens is 914 g/mol. The summed E-state index contributed by atoms with van der Waals surface area (Å²) in [5, 5.41) is 11.4. The lowest BCUT2D eigenvalue weighted by molar-refractivity contribution is 0.101. The second kappa shape index (κ2) is 21.8. The normalized spacial score (nSPS) is 14.5. The van der Waals surface area contributed by atoms with Crippen molar-refractivity contribution in [3.63, 3.8) is 0 Å². The zero-order valence-electron chi connectivity index (χ0n) is 35.5. The number of aliphatic hydroxyl groups is 1. The van der Waals surface area contributed by atoms with Gasteiger partial charge in [-0.1, -0.05) is 94.9 Å². The summed E-state index contributed by atoms with van der Waals surface area (Å²) in [6.45, 7) is 0.971. The molecule has 10 nitrogen and oxygen atoms in total. The largest absolute Gasteiger partial charge is 0.396 e. The quantitative estimate of drug-likeness (QED) is 0.0749. The number of carbonyl (C=O) groups is 2. The monoisotopic (exact) mass is 962 g/mol. The van der Waals surface area contributed by atoms with Crippen molar-refractivity contribution in [2.75, 3.05) is 19.5 Å². The summed E-state index contributed by atoms with van der Waals surface area (Å²) < 4.78 is 31.6. The highest BCUT2D eigenvalue weighted by molar-refractivity contribution is 7.85. The van der Waals surface area contributed by atoms with E-state index in [9.17, 15) is 23.1 Å². The van der Waals surface area contributed by atoms with E-state index in [1.54, 1.807) is 36.8 Å². The number of aliphatic hydroxyl groups excluding tert-OH is 1. The van der Waals surface area contributed by atoms with Crippen LogP contribution in [0.5, 0.6) is 0 Å². The van der Waals surface area contributed by atoms with E-state index < -0.39 is 10.1 Å². The minimum atomic E-state index is -3.57. The van der Waals surface area contributed by atoms with Gasteiger partial charge in [0.1, 0.15) is 0 Å². The fourth-order valence-electron chi connectivity index (χ4n) is 8.79. The maximum atomic E-state index is 13.5. The van der Waals surface area contributed by atoms with Gasteiger partial charge >= 0.3 is 0 Å². The Labute approximate surface area is 394 Å². The number of carbonyl (C=O) groups excluding carboxylic acids is 2. The Hall–Kier alpha value is -4.33. The highest BCUT2D eigenvalue weighted by atomic mass is 35.5. The van der Waals surface area contributed by atoms with Crippen molar-refractivity contribution in [3.8, 4) is 0 Å². The number of halogens is 4. The molecule has 0 fully saturated rings. The molecule has 0 bridgehead atoms. The minimum Gasteiger partial charge on any atom is -0.396 e. The van der Waals surface area contributed by atoms with Gasteiger partial charge in [0.15, 0.2) is 11.6 Å². The van der Waals surface area contributed by atoms with Crippen molar-refractivity contribution < 1.29 is 27.3 Å². The molecule has 1 N–H and O–H groups in total. The number of ketones is 2. The van der Waals surface area contributed by atoms with Crippen molar-refractivity contribution in [3.05, 3.63) is 174 Å². The molecule has 0 saturated heterocycles. The molecule has 6 aromatic rings. The Morgan fingerprint density at radius 2 is 1.11 bits per heavy atom. The predicted molar refractivity (Wildman–Crippen MR) is 253 cm³/mol. The van der Waals surface area contributed by atoms with E-state index in [2.05, 4.69) is 22.1 Å². The van der Waals surface area contributed by atoms with Crippen LogP contribution in [-0.4, -0.2) is 63.7 Å². The van der Waals surface area contributed by atoms with Gasteiger partial charge in [-0.05, 0) is 122 Å². The molecule has 2 aliphatic rings. The van der Waals surface area contributed by atoms with Crippen molar-refractivity contribution in [2.24, 2.45) is 0 Å². The molecule has 15 heteroatoms. The van der Waals surface area contributed by atoms with Crippen molar-refractivity contribution in [2.45, 2.75) is 89.1 Å². The van der Waals surface area contributed by atoms with Crippen LogP contribution < -0.4 is 0 Å². The van der Waals surface area contributed by atoms with Crippen LogP contribution in [0.3, 0.4) is 0 Å². The van der Waals surface area contributed by atoms with E-state index in [0.717, 1.165) is 73.5 Å². The standard InChI is InChI=1S/C25H26Cl2N2O4S.C24H24Cl2N2O2/c1-34(31,32)33-14-11-19(18-9-10-22(26)23(27)15-18)16-29-13-12-28-25(29)24(30)21-8-4-6-17-5-2-3-7-20(17)21;25-21-9-8-17(14-22(21)26)18(10-13-29)15-28-12-11-27-24(28)23(30)20-7-3-5-16-4-1-2-6-19(16)20/h4,6,8-10,12-13,15,19H,2-3,5,7,11,14,16H2,1H3;3,5,7-9,11-12,14,18,29H,1-2,4,6,10,13,15H2/t19-;18-/m11/s1. The molecule has 336 valence electrons. The van der Waals surface area contributed by atoms with E-state index >= 15 is 0 Å². The Bertz CT molecular complexity index is 2730. The fraction of sp³-hybridized carbons (Fsp3) is 0.347. The van der Waals surface area contributed by atoms with Crippen molar-refractivity contribution in [1.29, 1.82) is 0 Å². The number of aromatic nitrogens is 4. The average Bonchev–Trinajstić information content (AvgIpc) is 3.96. The van der Waals surface area contributed by atoms with Crippen LogP contribution in [0, 0.1) is 0 Å². The van der Waals surface area contributed by atoms with Gasteiger partial charge in [0, 0.05) is 67.4 Å². The Morgan fingerprint density at radius 3 is 1.55 bits per heavy atom. The van der Waals surface area contributed by atoms with Crippen LogP contribution in [0.1, 0.15) is 116 Å². The summed E-state index contributed by atoms with van der Waals surface area (Å²) in [5.41, 5.74) is 8.11. The van der Waals surface area contributed by atoms with Crippen LogP contribution in [0.25, 0.3) is 0 Å². The molecule has 2 aliphatic carbocycles. The SMILES string of the molecule is CS(=O)(=O)OCC[C@H](Cn1ccnc1C(=O)c1cccc2c1CCCC2)c1ccc(Cl)c(Cl)c1.O=C(c1cccc2c1CCCC2)c1nccn1C[C@@H](CCO)c1ccc(Cl)c(Cl)c1. The molecule has 0 unspecified atom stereocenters. The Kier molecular flexibility index (Phi) is 16.2. The number of aryl methyl sites for hydroxylation is 2. The van der Waals surface area contributed by atoms with E-state index in [0.29, 0.717) is 63.2 Å². The second-order valence-electron chi connectivity index (χ2n) is 16.3. The van der Waals surface area contributed by atoms with Gasteiger partial charge in [-0.2, -0.15) is 8.42 Å². The molecule has 0 radical (unpaired) electrons. The van der Waals surface area contributed by atoms with Crippen LogP contribution >= 0.6 is 46.4 Å². The first kappa shape index (κ1) is 47.6. The third kappa shape index (κ3) is 11.7. The first-order chi connectivity index (χ1) is 30.8. The van der Waals surface area contributed by atoms with Crippen molar-refractivity contribution >= 4 is 68.1 Å². The molecule has 2 heterocycles. The molecule has 2 aromatic heterocycles. The molecule has 2 atom stereocenters. The number of rotatable bonds is 16. The van der Waals surface area contributed by atoms with E-state index in [4.69, 9.17) is 50.6 Å². The van der Waals surface area contributed by atoms with Gasteiger partial charge in [0.05, 0.1) is 33.0 Å². The summed E-state index contributed by atoms with van der Waals surface area (Å²) >= 11 is 24.6. The van der Waals surface area contributed by atoms with E-state index in [1.165, 1.54) is 23.1 Å². The lowest BCUT2D eigenvalue weighted by Crippen LogP contribution is -2.19. The topological polar surface area (TPSA) is 133 Å². The molecule has 4 aromatic carbocycles. The predicted octanol–water partition coefficient (Wildman–Crippen LogP) is 10.9. The van der Waals surface area contributed by atoms with Gasteiger partial charge in [0.2, 0.25) is 11.6 Å². The first-order valence-corrected chi connectivity index (χ1v) is 24.8. The maximum Gasteiger partial charge on any atom is 0.264 e. The van der Waals surface area contributed by atoms with E-state index in [1.807, 2.05) is 57.8 Å². The molecule has 0 saturated carbocycles. The molecule has 64 heavy (non-hydrogen) atoms. The smallest absolute Gasteiger partial charge is 0.264 e. The number of hydrogen-bond acceptors (Lipinski definition) is 8. The molecular formula is C49H50Cl4N4O6S. The van der Waals surface area contributed by atoms with Gasteiger partial charge in [-0.25, -0.2) is 9.97 Å². The number of hydrogen-bond donors (Lipinski definition) is 1. The third-order valence-electron chi connectivity index (χ3n) is 12.0. The highest BCUT2D eigenvalue weighted by Crippen LogP contribution is 2.33. The first-order valence-electron chi connectivity index (χ1n) is 21.5. The van der Waals surface area contributed by atoms with Gasteiger partial charge in [-0.15, -0.1) is 0 Å². The van der Waals surface area contributed by atoms with Gasteiger partial charge in [0.25, 0.3) is 10.1 Å². The molecule has 0 spiro atoms. The fourth-order valence-corrected chi connectivity index (χ4v) is 9.80. The zero-order valence-corrected chi connectivity index (χ0v) is 39.3. The van der Waals surface area contributed by atoms with Crippen LogP contribution in [-0.2, 0) is 53.1 Å². The third-order valence-corrected chi connectivity index (χ3v) is 14.1. The molecule has 0 amide bonds. The summed E-state index contributed by atoms with van der Waals surface area (Å²) in [6.07, 6.45) is 17.2. The second-order valence-corrected chi connectivity index (χ2v) is 19.6. The van der Waals surface area contributed by atoms with Crippen LogP contribution in [0.2, 0.25) is 20.1 Å². The number of nitrogens with zero attached hydrogens (tertiary/aromatic N) is 4. The summed E-state index contributed by atoms with van der Waals surface area (Å²) in [4.78, 5) is 35.7. The van der Waals surface area contributed by atoms with Gasteiger partial charge in [-0.3, -0.25) is 13.8 Å². The number of benzene rings is 4. The average molecular weight is 965 g/mol. The maximum absolute atomic E-state index is 13.5. The zero-order chi connectivity index (χ0) is 45.4. The number of imidazole rings is 2. The van der Waals surface area contributed by atoms with E-state index in [-0.39, 0.29) is 36.6 Å². The molecule has 8 rings (SSSR count). The van der Waals surface area contributed by atoms with Crippen LogP contribution in [0.4, 0.5) is 0 Å². The summed E-state index contributed by atoms with van der Waals surface area (Å²) in [5.74, 6) is 0.432. The summed E-state index contributed by atoms with van der Waals surface area (Å²) in [6, 6.07) is 22.8. The lowest BCUT2D eigenvalue weighted by atomic mass is 9.87. The van der Waals surface area contributed by atoms with Crippen LogP contribution in [0.15, 0.2) is 97.6 Å². The Balaban J connectivity index is 0.000000193. The molecule has 0 aliphatic heterocycles. The minimum absolute atomic E-state index is 0.00785.